The van der Waals surface area contributed by atoms with Gasteiger partial charge < -0.3 is 9.66 Å². The van der Waals surface area contributed by atoms with Crippen LogP contribution in [0.15, 0.2) is 0 Å². The monoisotopic (exact) mass is 178 g/mol. The van der Waals surface area contributed by atoms with Crippen molar-refractivity contribution in [2.24, 2.45) is 0 Å². The predicted molar refractivity (Wildman–Crippen MR) is 49.1 cm³/mol. The quantitative estimate of drug-likeness (QED) is 0.472. The maximum Gasteiger partial charge on any atom is 0.128 e. The Balaban J connectivity index is 2.97. The van der Waals surface area contributed by atoms with E-state index >= 15 is 0 Å². The van der Waals surface area contributed by atoms with E-state index in [2.05, 4.69) is 6.92 Å². The van der Waals surface area contributed by atoms with E-state index in [9.17, 15) is 4.55 Å². The van der Waals surface area contributed by atoms with Crippen LogP contribution in [0.5, 0.6) is 0 Å². The van der Waals surface area contributed by atoms with E-state index in [1.165, 1.54) is 19.3 Å². The largest absolute Gasteiger partial charge is 0.616 e. The number of aliphatic hydroxyl groups excluding tert-OH is 1. The highest BCUT2D eigenvalue weighted by molar-refractivity contribution is 7.91. The highest BCUT2D eigenvalue weighted by Crippen LogP contribution is 2.02. The summed E-state index contributed by atoms with van der Waals surface area (Å²) in [4.78, 5) is 0. The molecule has 0 saturated heterocycles. The first-order valence-corrected chi connectivity index (χ1v) is 5.76. The van der Waals surface area contributed by atoms with Crippen LogP contribution in [0.25, 0.3) is 0 Å². The molecule has 3 heteroatoms. The zero-order chi connectivity index (χ0) is 8.53. The lowest BCUT2D eigenvalue weighted by molar-refractivity contribution is 0.319. The van der Waals surface area contributed by atoms with Crippen LogP contribution < -0.4 is 0 Å². The van der Waals surface area contributed by atoms with E-state index in [-0.39, 0.29) is 6.61 Å². The molecular formula is C8H18O2S. The number of unbranched alkanes of at least 4 members (excludes halogenated alkanes) is 3. The van der Waals surface area contributed by atoms with Crippen molar-refractivity contribution in [2.75, 3.05) is 18.1 Å². The van der Waals surface area contributed by atoms with Crippen molar-refractivity contribution in [1.29, 1.82) is 0 Å². The average Bonchev–Trinajstić information content (AvgIpc) is 1.99. The molecule has 0 bridgehead atoms. The fraction of sp³-hybridized carbons (Fsp3) is 1.00. The molecule has 0 aromatic rings. The van der Waals surface area contributed by atoms with Crippen LogP contribution in [0, 0.1) is 0 Å². The standard InChI is InChI=1S/C8H18O2S/c1-2-3-4-5-7-11(10)8-6-9/h9H,2-8H2,1H3. The van der Waals surface area contributed by atoms with Crippen molar-refractivity contribution in [3.05, 3.63) is 0 Å². The minimum absolute atomic E-state index is 0.0559. The van der Waals surface area contributed by atoms with Crippen LogP contribution in [0.4, 0.5) is 0 Å². The van der Waals surface area contributed by atoms with E-state index < -0.39 is 11.2 Å². The summed E-state index contributed by atoms with van der Waals surface area (Å²) in [6, 6.07) is 0. The Morgan fingerprint density at radius 1 is 1.18 bits per heavy atom. The topological polar surface area (TPSA) is 43.3 Å². The van der Waals surface area contributed by atoms with Crippen molar-refractivity contribution in [3.63, 3.8) is 0 Å². The van der Waals surface area contributed by atoms with Crippen molar-refractivity contribution >= 4 is 11.2 Å². The molecule has 1 N–H and O–H groups in total. The first-order valence-electron chi connectivity index (χ1n) is 4.27. The summed E-state index contributed by atoms with van der Waals surface area (Å²) in [6.07, 6.45) is 4.66. The van der Waals surface area contributed by atoms with Gasteiger partial charge in [-0.1, -0.05) is 30.9 Å². The van der Waals surface area contributed by atoms with Crippen LogP contribution in [0.1, 0.15) is 32.6 Å². The first kappa shape index (κ1) is 11.3. The third-order valence-electron chi connectivity index (χ3n) is 1.54. The molecule has 0 spiro atoms. The van der Waals surface area contributed by atoms with Gasteiger partial charge in [0.1, 0.15) is 11.5 Å². The molecule has 0 aromatic heterocycles. The van der Waals surface area contributed by atoms with Crippen LogP contribution in [0.3, 0.4) is 0 Å². The molecule has 0 rings (SSSR count). The van der Waals surface area contributed by atoms with E-state index in [4.69, 9.17) is 5.11 Å². The fourth-order valence-electron chi connectivity index (χ4n) is 0.894. The maximum absolute atomic E-state index is 11.0. The van der Waals surface area contributed by atoms with Crippen LogP contribution >= 0.6 is 0 Å². The Hall–Kier alpha value is 0.270. The fourth-order valence-corrected chi connectivity index (χ4v) is 1.83. The molecule has 0 radical (unpaired) electrons. The van der Waals surface area contributed by atoms with E-state index in [0.29, 0.717) is 5.75 Å². The molecule has 1 atom stereocenters. The summed E-state index contributed by atoms with van der Waals surface area (Å²) in [7, 11) is 0. The van der Waals surface area contributed by atoms with Gasteiger partial charge in [-0.15, -0.1) is 0 Å². The molecule has 2 nitrogen and oxygen atoms in total. The zero-order valence-electron chi connectivity index (χ0n) is 7.21. The van der Waals surface area contributed by atoms with Gasteiger partial charge in [0.25, 0.3) is 0 Å². The van der Waals surface area contributed by atoms with Gasteiger partial charge in [-0.2, -0.15) is 0 Å². The second kappa shape index (κ2) is 8.37. The summed E-state index contributed by atoms with van der Waals surface area (Å²) in [5.74, 6) is 1.21. The summed E-state index contributed by atoms with van der Waals surface area (Å²) in [6.45, 7) is 2.21. The first-order chi connectivity index (χ1) is 5.31. The van der Waals surface area contributed by atoms with E-state index in [1.54, 1.807) is 0 Å². The average molecular weight is 178 g/mol. The minimum atomic E-state index is -0.774. The van der Waals surface area contributed by atoms with E-state index in [1.807, 2.05) is 0 Å². The lowest BCUT2D eigenvalue weighted by Gasteiger charge is -2.08. The molecule has 0 saturated carbocycles. The third kappa shape index (κ3) is 8.17. The Morgan fingerprint density at radius 3 is 2.45 bits per heavy atom. The summed E-state index contributed by atoms with van der Waals surface area (Å²) in [5.41, 5.74) is 0. The van der Waals surface area contributed by atoms with Crippen LogP contribution in [-0.2, 0) is 11.2 Å². The highest BCUT2D eigenvalue weighted by Gasteiger charge is 2.02. The predicted octanol–water partition coefficient (Wildman–Crippen LogP) is 1.31. The van der Waals surface area contributed by atoms with Crippen LogP contribution in [-0.4, -0.2) is 27.8 Å². The molecule has 1 unspecified atom stereocenters. The molecule has 0 fully saturated rings. The lowest BCUT2D eigenvalue weighted by Crippen LogP contribution is -2.13. The number of rotatable bonds is 7. The normalized spacial score (nSPS) is 13.4. The van der Waals surface area contributed by atoms with Crippen molar-refractivity contribution in [1.82, 2.24) is 0 Å². The van der Waals surface area contributed by atoms with Gasteiger partial charge in [0.2, 0.25) is 0 Å². The number of hydrogen-bond donors (Lipinski definition) is 1. The smallest absolute Gasteiger partial charge is 0.128 e. The molecule has 0 aliphatic rings. The van der Waals surface area contributed by atoms with Gasteiger partial charge in [0.05, 0.1) is 6.61 Å². The Labute approximate surface area is 72.2 Å². The summed E-state index contributed by atoms with van der Waals surface area (Å²) >= 11 is -0.774. The van der Waals surface area contributed by atoms with Crippen molar-refractivity contribution < 1.29 is 9.66 Å². The SMILES string of the molecule is CCCCCC[S+]([O-])CCO. The Bertz CT molecular complexity index is 78.5. The summed E-state index contributed by atoms with van der Waals surface area (Å²) < 4.78 is 11.0. The van der Waals surface area contributed by atoms with Gasteiger partial charge in [-0.05, 0) is 12.8 Å². The molecular weight excluding hydrogens is 160 g/mol. The molecule has 0 amide bonds. The minimum Gasteiger partial charge on any atom is -0.616 e. The molecule has 68 valence electrons. The van der Waals surface area contributed by atoms with Crippen LogP contribution in [0.2, 0.25) is 0 Å². The molecule has 0 aliphatic carbocycles. The molecule has 11 heavy (non-hydrogen) atoms. The summed E-state index contributed by atoms with van der Waals surface area (Å²) in [5, 5.41) is 8.45. The van der Waals surface area contributed by atoms with Gasteiger partial charge in [0, 0.05) is 0 Å². The second-order valence-corrected chi connectivity index (χ2v) is 4.33. The van der Waals surface area contributed by atoms with Crippen molar-refractivity contribution in [2.45, 2.75) is 32.6 Å². The third-order valence-corrected chi connectivity index (χ3v) is 2.93. The van der Waals surface area contributed by atoms with Gasteiger partial charge >= 0.3 is 0 Å². The maximum atomic E-state index is 11.0. The van der Waals surface area contributed by atoms with Crippen molar-refractivity contribution in [3.8, 4) is 0 Å². The van der Waals surface area contributed by atoms with Gasteiger partial charge in [-0.25, -0.2) is 0 Å². The van der Waals surface area contributed by atoms with Gasteiger partial charge in [-0.3, -0.25) is 0 Å². The van der Waals surface area contributed by atoms with Gasteiger partial charge in [0.15, 0.2) is 0 Å². The lowest BCUT2D eigenvalue weighted by atomic mass is 10.2. The molecule has 0 aromatic carbocycles. The molecule has 0 aliphatic heterocycles. The second-order valence-electron chi connectivity index (χ2n) is 2.63. The molecule has 0 heterocycles. The number of hydrogen-bond acceptors (Lipinski definition) is 2. The highest BCUT2D eigenvalue weighted by atomic mass is 32.2. The van der Waals surface area contributed by atoms with E-state index in [0.717, 1.165) is 12.2 Å². The Morgan fingerprint density at radius 2 is 1.91 bits per heavy atom. The zero-order valence-corrected chi connectivity index (χ0v) is 8.03. The Kier molecular flexibility index (Phi) is 8.57. The number of aliphatic hydroxyl groups is 1.